The zero-order chi connectivity index (χ0) is 7.56. The quantitative estimate of drug-likeness (QED) is 0.582. The van der Waals surface area contributed by atoms with Crippen LogP contribution in [-0.4, -0.2) is 0 Å². The van der Waals surface area contributed by atoms with Crippen LogP contribution in [0, 0.1) is 0 Å². The molecule has 0 unspecified atom stereocenters. The highest BCUT2D eigenvalue weighted by atomic mass is 32.2. The second kappa shape index (κ2) is 2.93. The first kappa shape index (κ1) is 7.42. The second-order valence-electron chi connectivity index (χ2n) is 2.12. The number of hydrogen-bond donors (Lipinski definition) is 0. The Morgan fingerprint density at radius 2 is 2.00 bits per heavy atom. The predicted molar refractivity (Wildman–Crippen MR) is 48.8 cm³/mol. The van der Waals surface area contributed by atoms with Gasteiger partial charge in [-0.25, -0.2) is 0 Å². The molecule has 52 valence electrons. The predicted octanol–water partition coefficient (Wildman–Crippen LogP) is 3.26. The van der Waals surface area contributed by atoms with Crippen molar-refractivity contribution in [3.05, 3.63) is 47.3 Å². The number of rotatable bonds is 2. The molecule has 0 atom stereocenters. The van der Waals surface area contributed by atoms with E-state index in [4.69, 9.17) is 0 Å². The molecule has 1 aliphatic rings. The van der Waals surface area contributed by atoms with Gasteiger partial charge in [0.1, 0.15) is 0 Å². The van der Waals surface area contributed by atoms with Crippen molar-refractivity contribution in [3.8, 4) is 0 Å². The lowest BCUT2D eigenvalue weighted by Gasteiger charge is -1.90. The van der Waals surface area contributed by atoms with Crippen molar-refractivity contribution in [1.82, 2.24) is 0 Å². The van der Waals surface area contributed by atoms with Gasteiger partial charge in [0.15, 0.2) is 0 Å². The summed E-state index contributed by atoms with van der Waals surface area (Å²) in [4.78, 5) is 2.39. The van der Waals surface area contributed by atoms with Crippen molar-refractivity contribution >= 4 is 11.8 Å². The van der Waals surface area contributed by atoms with Crippen molar-refractivity contribution in [1.29, 1.82) is 0 Å². The van der Waals surface area contributed by atoms with Crippen molar-refractivity contribution in [2.24, 2.45) is 0 Å². The third kappa shape index (κ3) is 1.24. The topological polar surface area (TPSA) is 0 Å². The lowest BCUT2D eigenvalue weighted by Crippen LogP contribution is -1.70. The van der Waals surface area contributed by atoms with Crippen LogP contribution < -0.4 is 0 Å². The molecule has 0 saturated carbocycles. The van der Waals surface area contributed by atoms with Gasteiger partial charge in [-0.05, 0) is 10.5 Å². The molecule has 0 fully saturated rings. The van der Waals surface area contributed by atoms with E-state index in [1.165, 1.54) is 15.4 Å². The highest BCUT2D eigenvalue weighted by Crippen LogP contribution is 2.40. The average Bonchev–Trinajstić information content (AvgIpc) is 2.30. The number of hydrogen-bond acceptors (Lipinski definition) is 1. The number of thioether (sulfide) groups is 1. The maximum Gasteiger partial charge on any atom is 0.0148 e. The second-order valence-corrected chi connectivity index (χ2v) is 3.34. The van der Waals surface area contributed by atoms with E-state index in [1.54, 1.807) is 11.8 Å². The molecule has 0 bridgehead atoms. The van der Waals surface area contributed by atoms with Crippen LogP contribution in [0.5, 0.6) is 0 Å². The zero-order valence-corrected chi connectivity index (χ0v) is 6.71. The first-order valence-electron chi connectivity index (χ1n) is 3.11. The lowest BCUT2D eigenvalue weighted by atomic mass is 10.2. The monoisotopic (exact) mass is 150 g/mol. The van der Waals surface area contributed by atoms with Crippen LogP contribution in [0.2, 0.25) is 0 Å². The van der Waals surface area contributed by atoms with Crippen LogP contribution in [0.1, 0.15) is 6.42 Å². The van der Waals surface area contributed by atoms with E-state index in [2.05, 4.69) is 19.7 Å². The third-order valence-corrected chi connectivity index (χ3v) is 2.47. The van der Waals surface area contributed by atoms with Gasteiger partial charge in [0, 0.05) is 11.3 Å². The summed E-state index contributed by atoms with van der Waals surface area (Å²) in [6.45, 7) is 11.3. The molecular formula is C9H10S. The molecule has 0 radical (unpaired) electrons. The summed E-state index contributed by atoms with van der Waals surface area (Å²) in [7, 11) is 0. The van der Waals surface area contributed by atoms with Gasteiger partial charge in [0.25, 0.3) is 0 Å². The fraction of sp³-hybridized carbons (Fsp3) is 0.111. The molecule has 1 heterocycles. The van der Waals surface area contributed by atoms with Gasteiger partial charge in [-0.3, -0.25) is 0 Å². The Morgan fingerprint density at radius 3 is 2.40 bits per heavy atom. The number of allylic oxidation sites excluding steroid dienone is 4. The Labute approximate surface area is 66.0 Å². The van der Waals surface area contributed by atoms with Crippen LogP contribution in [0.15, 0.2) is 47.3 Å². The molecule has 0 aromatic heterocycles. The minimum absolute atomic E-state index is 0.954. The molecule has 0 N–H and O–H groups in total. The van der Waals surface area contributed by atoms with Gasteiger partial charge in [0.2, 0.25) is 0 Å². The van der Waals surface area contributed by atoms with E-state index in [9.17, 15) is 0 Å². The Morgan fingerprint density at radius 1 is 1.30 bits per heavy atom. The van der Waals surface area contributed by atoms with Crippen LogP contribution in [0.25, 0.3) is 0 Å². The van der Waals surface area contributed by atoms with Gasteiger partial charge in [0.05, 0.1) is 0 Å². The fourth-order valence-electron chi connectivity index (χ4n) is 0.902. The molecule has 0 amide bonds. The largest absolute Gasteiger partial charge is 0.0987 e. The van der Waals surface area contributed by atoms with Crippen molar-refractivity contribution in [3.63, 3.8) is 0 Å². The zero-order valence-electron chi connectivity index (χ0n) is 5.89. The Bertz CT molecular complexity index is 199. The molecule has 0 spiro atoms. The van der Waals surface area contributed by atoms with E-state index < -0.39 is 0 Å². The minimum atomic E-state index is 0.954. The summed E-state index contributed by atoms with van der Waals surface area (Å²) in [6.07, 6.45) is 4.69. The third-order valence-electron chi connectivity index (χ3n) is 1.39. The molecular weight excluding hydrogens is 140 g/mol. The van der Waals surface area contributed by atoms with Crippen molar-refractivity contribution in [2.45, 2.75) is 6.42 Å². The summed E-state index contributed by atoms with van der Waals surface area (Å²) in [5.74, 6) is 0. The van der Waals surface area contributed by atoms with Crippen LogP contribution in [0.3, 0.4) is 0 Å². The summed E-state index contributed by atoms with van der Waals surface area (Å²) in [5, 5.41) is 0. The van der Waals surface area contributed by atoms with Gasteiger partial charge >= 0.3 is 0 Å². The van der Waals surface area contributed by atoms with Crippen molar-refractivity contribution in [2.75, 3.05) is 0 Å². The molecule has 0 nitrogen and oxygen atoms in total. The van der Waals surface area contributed by atoms with Crippen molar-refractivity contribution < 1.29 is 0 Å². The SMILES string of the molecule is C=CC1=C(C=C)SC(=C)C1. The summed E-state index contributed by atoms with van der Waals surface area (Å²) < 4.78 is 0. The summed E-state index contributed by atoms with van der Waals surface area (Å²) in [6, 6.07) is 0. The van der Waals surface area contributed by atoms with E-state index in [-0.39, 0.29) is 0 Å². The molecule has 0 aromatic rings. The van der Waals surface area contributed by atoms with Gasteiger partial charge < -0.3 is 0 Å². The lowest BCUT2D eigenvalue weighted by molar-refractivity contribution is 1.29. The molecule has 0 saturated heterocycles. The molecule has 0 aromatic carbocycles. The molecule has 1 rings (SSSR count). The first-order valence-corrected chi connectivity index (χ1v) is 3.93. The van der Waals surface area contributed by atoms with Crippen LogP contribution in [-0.2, 0) is 0 Å². The average molecular weight is 150 g/mol. The van der Waals surface area contributed by atoms with E-state index in [0.29, 0.717) is 0 Å². The summed E-state index contributed by atoms with van der Waals surface area (Å²) >= 11 is 1.69. The Hall–Kier alpha value is -0.690. The fourth-order valence-corrected chi connectivity index (χ4v) is 1.81. The first-order chi connectivity index (χ1) is 4.77. The standard InChI is InChI=1S/C9H10S/c1-4-8-6-7(3)10-9(8)5-2/h4-5H,1-3,6H2. The molecule has 1 heteroatoms. The van der Waals surface area contributed by atoms with Gasteiger partial charge in [-0.15, -0.1) is 0 Å². The minimum Gasteiger partial charge on any atom is -0.0987 e. The smallest absolute Gasteiger partial charge is 0.0148 e. The molecule has 1 aliphatic heterocycles. The molecule has 0 aliphatic carbocycles. The van der Waals surface area contributed by atoms with E-state index >= 15 is 0 Å². The Balaban J connectivity index is 2.90. The normalized spacial score (nSPS) is 17.8. The highest BCUT2D eigenvalue weighted by molar-refractivity contribution is 8.07. The van der Waals surface area contributed by atoms with E-state index in [1.807, 2.05) is 12.2 Å². The highest BCUT2D eigenvalue weighted by Gasteiger charge is 2.12. The summed E-state index contributed by atoms with van der Waals surface area (Å²) in [5.41, 5.74) is 1.25. The maximum absolute atomic E-state index is 3.88. The van der Waals surface area contributed by atoms with E-state index in [0.717, 1.165) is 6.42 Å². The Kier molecular flexibility index (Phi) is 2.17. The van der Waals surface area contributed by atoms with Crippen LogP contribution >= 0.6 is 11.8 Å². The van der Waals surface area contributed by atoms with Gasteiger partial charge in [-0.2, -0.15) is 0 Å². The van der Waals surface area contributed by atoms with Crippen LogP contribution in [0.4, 0.5) is 0 Å². The van der Waals surface area contributed by atoms with Gasteiger partial charge in [-0.1, -0.05) is 43.7 Å². The maximum atomic E-state index is 3.88. The molecule has 10 heavy (non-hydrogen) atoms.